The highest BCUT2D eigenvalue weighted by Crippen LogP contribution is 2.28. The first-order valence-corrected chi connectivity index (χ1v) is 11.4. The van der Waals surface area contributed by atoms with E-state index < -0.39 is 0 Å². The predicted molar refractivity (Wildman–Crippen MR) is 126 cm³/mol. The molecule has 35 heavy (non-hydrogen) atoms. The van der Waals surface area contributed by atoms with Crippen molar-refractivity contribution in [2.45, 2.75) is 0 Å². The molecule has 10 heteroatoms. The Kier molecular flexibility index (Phi) is 6.64. The molecule has 1 aliphatic rings. The van der Waals surface area contributed by atoms with Crippen molar-refractivity contribution in [2.75, 3.05) is 46.4 Å². The highest BCUT2D eigenvalue weighted by atomic mass is 19.1. The number of aromatic nitrogens is 4. The Balaban J connectivity index is 1.47. The number of methoxy groups -OCH3 is 1. The van der Waals surface area contributed by atoms with Crippen molar-refractivity contribution in [3.8, 4) is 28.7 Å². The van der Waals surface area contributed by atoms with Gasteiger partial charge in [0.2, 0.25) is 0 Å². The molecule has 9 nitrogen and oxygen atoms in total. The van der Waals surface area contributed by atoms with Crippen LogP contribution in [0.3, 0.4) is 0 Å². The number of amides is 1. The van der Waals surface area contributed by atoms with E-state index in [2.05, 4.69) is 20.0 Å². The van der Waals surface area contributed by atoms with Gasteiger partial charge in [-0.3, -0.25) is 9.69 Å². The van der Waals surface area contributed by atoms with Crippen LogP contribution in [0.2, 0.25) is 0 Å². The molecule has 0 saturated carbocycles. The Labute approximate surface area is 201 Å². The fraction of sp³-hybridized carbons (Fsp3) is 0.280. The molecule has 1 aliphatic heterocycles. The van der Waals surface area contributed by atoms with E-state index in [4.69, 9.17) is 9.15 Å². The van der Waals surface area contributed by atoms with Gasteiger partial charge >= 0.3 is 0 Å². The lowest BCUT2D eigenvalue weighted by atomic mass is 10.1. The number of carbonyl (C=O) groups is 1. The van der Waals surface area contributed by atoms with Gasteiger partial charge in [0.25, 0.3) is 11.9 Å². The SMILES string of the molecule is COCCN1CCN(C(=O)c2cnn(-c3nccc(-c4ccccc4F)n3)c2-c2ccco2)CC1. The van der Waals surface area contributed by atoms with Gasteiger partial charge in [-0.15, -0.1) is 0 Å². The Morgan fingerprint density at radius 3 is 2.69 bits per heavy atom. The maximum atomic E-state index is 14.4. The number of carbonyl (C=O) groups excluding carboxylic acids is 1. The second-order valence-electron chi connectivity index (χ2n) is 8.14. The van der Waals surface area contributed by atoms with Crippen LogP contribution in [0.25, 0.3) is 28.7 Å². The summed E-state index contributed by atoms with van der Waals surface area (Å²) in [6.07, 6.45) is 4.58. The molecular weight excluding hydrogens is 451 g/mol. The molecule has 4 aromatic rings. The van der Waals surface area contributed by atoms with Crippen LogP contribution in [0, 0.1) is 5.82 Å². The molecule has 0 radical (unpaired) electrons. The third kappa shape index (κ3) is 4.71. The fourth-order valence-corrected chi connectivity index (χ4v) is 4.14. The van der Waals surface area contributed by atoms with E-state index in [-0.39, 0.29) is 17.7 Å². The van der Waals surface area contributed by atoms with E-state index in [9.17, 15) is 9.18 Å². The molecule has 0 spiro atoms. The van der Waals surface area contributed by atoms with Crippen molar-refractivity contribution in [3.05, 3.63) is 72.5 Å². The number of furan rings is 1. The third-order valence-electron chi connectivity index (χ3n) is 6.01. The quantitative estimate of drug-likeness (QED) is 0.405. The number of nitrogens with zero attached hydrogens (tertiary/aromatic N) is 6. The van der Waals surface area contributed by atoms with Crippen molar-refractivity contribution in [1.29, 1.82) is 0 Å². The number of piperazine rings is 1. The molecule has 1 amide bonds. The van der Waals surface area contributed by atoms with Crippen LogP contribution in [0.15, 0.2) is 65.5 Å². The minimum Gasteiger partial charge on any atom is -0.463 e. The zero-order valence-corrected chi connectivity index (χ0v) is 19.3. The van der Waals surface area contributed by atoms with Crippen LogP contribution < -0.4 is 0 Å². The van der Waals surface area contributed by atoms with Gasteiger partial charge < -0.3 is 14.1 Å². The summed E-state index contributed by atoms with van der Waals surface area (Å²) in [6.45, 7) is 4.24. The summed E-state index contributed by atoms with van der Waals surface area (Å²) in [5.74, 6) is 0.147. The summed E-state index contributed by atoms with van der Waals surface area (Å²) in [6, 6.07) is 11.5. The van der Waals surface area contributed by atoms with Gasteiger partial charge in [0.15, 0.2) is 5.76 Å². The van der Waals surface area contributed by atoms with Gasteiger partial charge in [-0.2, -0.15) is 9.78 Å². The van der Waals surface area contributed by atoms with E-state index in [1.54, 1.807) is 49.7 Å². The number of benzene rings is 1. The second-order valence-corrected chi connectivity index (χ2v) is 8.14. The summed E-state index contributed by atoms with van der Waals surface area (Å²) in [5.41, 5.74) is 1.61. The summed E-state index contributed by atoms with van der Waals surface area (Å²) in [4.78, 5) is 26.5. The first-order chi connectivity index (χ1) is 17.2. The molecule has 1 saturated heterocycles. The van der Waals surface area contributed by atoms with Crippen LogP contribution >= 0.6 is 0 Å². The van der Waals surface area contributed by atoms with E-state index in [0.29, 0.717) is 48.0 Å². The van der Waals surface area contributed by atoms with Crippen molar-refractivity contribution in [2.24, 2.45) is 0 Å². The highest BCUT2D eigenvalue weighted by molar-refractivity contribution is 5.99. The average molecular weight is 477 g/mol. The zero-order valence-electron chi connectivity index (χ0n) is 19.3. The standard InChI is InChI=1S/C25H25FN6O3/c1-34-16-14-30-10-12-31(13-11-30)24(33)19-17-28-32(23(19)22-7-4-15-35-22)25-27-9-8-21(29-25)18-5-2-3-6-20(18)26/h2-9,15,17H,10-14,16H2,1H3. The fourth-order valence-electron chi connectivity index (χ4n) is 4.14. The maximum absolute atomic E-state index is 14.4. The summed E-state index contributed by atoms with van der Waals surface area (Å²) in [7, 11) is 1.68. The van der Waals surface area contributed by atoms with E-state index in [1.165, 1.54) is 23.2 Å². The number of ether oxygens (including phenoxy) is 1. The Morgan fingerprint density at radius 2 is 1.94 bits per heavy atom. The number of hydrogen-bond donors (Lipinski definition) is 0. The first-order valence-electron chi connectivity index (χ1n) is 11.4. The van der Waals surface area contributed by atoms with E-state index in [0.717, 1.165) is 19.6 Å². The van der Waals surface area contributed by atoms with Crippen LogP contribution in [-0.2, 0) is 4.74 Å². The molecule has 0 bridgehead atoms. The molecule has 0 aliphatic carbocycles. The van der Waals surface area contributed by atoms with Crippen molar-refractivity contribution >= 4 is 5.91 Å². The zero-order chi connectivity index (χ0) is 24.2. The van der Waals surface area contributed by atoms with Gasteiger partial charge in [-0.05, 0) is 30.3 Å². The molecule has 0 unspecified atom stereocenters. The van der Waals surface area contributed by atoms with Crippen LogP contribution in [0.4, 0.5) is 4.39 Å². The van der Waals surface area contributed by atoms with Crippen molar-refractivity contribution in [3.63, 3.8) is 0 Å². The third-order valence-corrected chi connectivity index (χ3v) is 6.01. The predicted octanol–water partition coefficient (Wildman–Crippen LogP) is 3.13. The number of halogens is 1. The summed E-state index contributed by atoms with van der Waals surface area (Å²) < 4.78 is 26.6. The highest BCUT2D eigenvalue weighted by Gasteiger charge is 2.28. The molecule has 1 aromatic carbocycles. The molecular formula is C25H25FN6O3. The molecule has 4 heterocycles. The van der Waals surface area contributed by atoms with Gasteiger partial charge in [0.05, 0.1) is 30.3 Å². The number of rotatable bonds is 7. The van der Waals surface area contributed by atoms with Crippen LogP contribution in [-0.4, -0.2) is 81.9 Å². The minimum atomic E-state index is -0.385. The van der Waals surface area contributed by atoms with E-state index in [1.807, 2.05) is 4.90 Å². The molecule has 1 fully saturated rings. The average Bonchev–Trinajstić information content (AvgIpc) is 3.58. The minimum absolute atomic E-state index is 0.140. The topological polar surface area (TPSA) is 89.5 Å². The number of hydrogen-bond acceptors (Lipinski definition) is 7. The Morgan fingerprint density at radius 1 is 1.11 bits per heavy atom. The maximum Gasteiger partial charge on any atom is 0.257 e. The van der Waals surface area contributed by atoms with Crippen molar-refractivity contribution < 1.29 is 18.3 Å². The van der Waals surface area contributed by atoms with Gasteiger partial charge in [-0.1, -0.05) is 12.1 Å². The smallest absolute Gasteiger partial charge is 0.257 e. The molecule has 0 N–H and O–H groups in total. The largest absolute Gasteiger partial charge is 0.463 e. The Bertz CT molecular complexity index is 1300. The van der Waals surface area contributed by atoms with Crippen LogP contribution in [0.1, 0.15) is 10.4 Å². The Hall–Kier alpha value is -3.89. The van der Waals surface area contributed by atoms with E-state index >= 15 is 0 Å². The molecule has 180 valence electrons. The lowest BCUT2D eigenvalue weighted by Crippen LogP contribution is -2.49. The lowest BCUT2D eigenvalue weighted by Gasteiger charge is -2.34. The second kappa shape index (κ2) is 10.2. The molecule has 5 rings (SSSR count). The molecule has 3 aromatic heterocycles. The van der Waals surface area contributed by atoms with Crippen molar-refractivity contribution in [1.82, 2.24) is 29.5 Å². The summed E-state index contributed by atoms with van der Waals surface area (Å²) >= 11 is 0. The van der Waals surface area contributed by atoms with Crippen LogP contribution in [0.5, 0.6) is 0 Å². The monoisotopic (exact) mass is 476 g/mol. The molecule has 0 atom stereocenters. The lowest BCUT2D eigenvalue weighted by molar-refractivity contribution is 0.0594. The van der Waals surface area contributed by atoms with Gasteiger partial charge in [-0.25, -0.2) is 14.4 Å². The van der Waals surface area contributed by atoms with Gasteiger partial charge in [0.1, 0.15) is 11.5 Å². The summed E-state index contributed by atoms with van der Waals surface area (Å²) in [5, 5.41) is 4.43. The van der Waals surface area contributed by atoms with Gasteiger partial charge in [0, 0.05) is 51.6 Å². The normalized spacial score (nSPS) is 14.4. The first kappa shape index (κ1) is 22.9.